The minimum absolute atomic E-state index is 0.839. The van der Waals surface area contributed by atoms with Crippen LogP contribution < -0.4 is 0 Å². The molecule has 0 aromatic carbocycles. The van der Waals surface area contributed by atoms with E-state index in [-0.39, 0.29) is 0 Å². The number of allylic oxidation sites excluding steroid dienone is 1. The molecule has 13 heavy (non-hydrogen) atoms. The number of nitrogens with zero attached hydrogens (tertiary/aromatic N) is 2. The van der Waals surface area contributed by atoms with E-state index in [9.17, 15) is 0 Å². The molecule has 2 aliphatic rings. The first kappa shape index (κ1) is 8.75. The molecule has 0 saturated carbocycles. The first-order chi connectivity index (χ1) is 6.36. The second-order valence-corrected chi connectivity index (χ2v) is 3.55. The highest BCUT2D eigenvalue weighted by Crippen LogP contribution is 2.16. The summed E-state index contributed by atoms with van der Waals surface area (Å²) < 4.78 is 5.30. The van der Waals surface area contributed by atoms with Crippen LogP contribution in [0.25, 0.3) is 0 Å². The molecule has 0 atom stereocenters. The van der Waals surface area contributed by atoms with Gasteiger partial charge in [0.05, 0.1) is 13.2 Å². The summed E-state index contributed by atoms with van der Waals surface area (Å²) in [5, 5.41) is 0. The zero-order chi connectivity index (χ0) is 9.10. The molecule has 0 unspecified atom stereocenters. The van der Waals surface area contributed by atoms with Crippen molar-refractivity contribution in [3.05, 3.63) is 11.9 Å². The molecule has 1 saturated heterocycles. The second kappa shape index (κ2) is 3.92. The molecular weight excluding hydrogens is 164 g/mol. The van der Waals surface area contributed by atoms with Crippen LogP contribution in [0.5, 0.6) is 0 Å². The molecule has 0 N–H and O–H groups in total. The van der Waals surface area contributed by atoms with E-state index in [0.717, 1.165) is 45.0 Å². The van der Waals surface area contributed by atoms with Gasteiger partial charge in [0.2, 0.25) is 0 Å². The zero-order valence-corrected chi connectivity index (χ0v) is 8.12. The highest BCUT2D eigenvalue weighted by Gasteiger charge is 2.14. The molecule has 2 heterocycles. The maximum absolute atomic E-state index is 5.30. The molecule has 72 valence electrons. The molecule has 3 heteroatoms. The smallest absolute Gasteiger partial charge is 0.124 e. The number of hydrogen-bond acceptors (Lipinski definition) is 3. The van der Waals surface area contributed by atoms with E-state index in [1.54, 1.807) is 0 Å². The van der Waals surface area contributed by atoms with Crippen molar-refractivity contribution in [2.75, 3.05) is 26.3 Å². The van der Waals surface area contributed by atoms with E-state index >= 15 is 0 Å². The first-order valence-corrected chi connectivity index (χ1v) is 4.93. The number of rotatable bonds is 1. The Bertz CT molecular complexity index is 239. The van der Waals surface area contributed by atoms with Crippen molar-refractivity contribution in [2.24, 2.45) is 4.99 Å². The van der Waals surface area contributed by atoms with Crippen molar-refractivity contribution < 1.29 is 4.74 Å². The SMILES string of the molecule is CC1=NC(N2CCOCC2)=CCC1. The Morgan fingerprint density at radius 2 is 2.15 bits per heavy atom. The normalized spacial score (nSPS) is 23.9. The maximum atomic E-state index is 5.30. The summed E-state index contributed by atoms with van der Waals surface area (Å²) in [6.45, 7) is 5.76. The third-order valence-electron chi connectivity index (χ3n) is 2.47. The quantitative estimate of drug-likeness (QED) is 0.609. The molecule has 2 aliphatic heterocycles. The largest absolute Gasteiger partial charge is 0.378 e. The fourth-order valence-corrected chi connectivity index (χ4v) is 1.70. The topological polar surface area (TPSA) is 24.8 Å². The predicted octanol–water partition coefficient (Wildman–Crippen LogP) is 1.41. The fourth-order valence-electron chi connectivity index (χ4n) is 1.70. The Labute approximate surface area is 79.1 Å². The van der Waals surface area contributed by atoms with Gasteiger partial charge in [-0.3, -0.25) is 0 Å². The standard InChI is InChI=1S/C10H16N2O/c1-9-3-2-4-10(11-9)12-5-7-13-8-6-12/h4H,2-3,5-8H2,1H3. The minimum atomic E-state index is 0.839. The van der Waals surface area contributed by atoms with Crippen molar-refractivity contribution in [3.8, 4) is 0 Å². The van der Waals surface area contributed by atoms with E-state index in [0.29, 0.717) is 0 Å². The summed E-state index contributed by atoms with van der Waals surface area (Å²) in [6.07, 6.45) is 4.49. The molecular formula is C10H16N2O. The molecule has 0 radical (unpaired) electrons. The van der Waals surface area contributed by atoms with Gasteiger partial charge in [-0.25, -0.2) is 4.99 Å². The van der Waals surface area contributed by atoms with E-state index in [2.05, 4.69) is 22.9 Å². The number of aliphatic imine (C=N–C) groups is 1. The Kier molecular flexibility index (Phi) is 2.64. The average Bonchev–Trinajstić information content (AvgIpc) is 2.19. The molecule has 0 aromatic rings. The van der Waals surface area contributed by atoms with Gasteiger partial charge in [-0.15, -0.1) is 0 Å². The van der Waals surface area contributed by atoms with Crippen LogP contribution in [0, 0.1) is 0 Å². The van der Waals surface area contributed by atoms with Crippen LogP contribution in [-0.4, -0.2) is 36.9 Å². The van der Waals surface area contributed by atoms with Crippen LogP contribution in [0.2, 0.25) is 0 Å². The first-order valence-electron chi connectivity index (χ1n) is 4.93. The summed E-state index contributed by atoms with van der Waals surface area (Å²) in [7, 11) is 0. The molecule has 0 spiro atoms. The van der Waals surface area contributed by atoms with Crippen LogP contribution >= 0.6 is 0 Å². The van der Waals surface area contributed by atoms with Gasteiger partial charge in [0.15, 0.2) is 0 Å². The third kappa shape index (κ3) is 2.10. The summed E-state index contributed by atoms with van der Waals surface area (Å²) >= 11 is 0. The molecule has 3 nitrogen and oxygen atoms in total. The van der Waals surface area contributed by atoms with E-state index < -0.39 is 0 Å². The molecule has 0 aliphatic carbocycles. The maximum Gasteiger partial charge on any atom is 0.124 e. The molecule has 0 amide bonds. The number of ether oxygens (including phenoxy) is 1. The Balaban J connectivity index is 2.02. The second-order valence-electron chi connectivity index (χ2n) is 3.55. The van der Waals surface area contributed by atoms with Gasteiger partial charge in [-0.2, -0.15) is 0 Å². The van der Waals surface area contributed by atoms with Gasteiger partial charge >= 0.3 is 0 Å². The summed E-state index contributed by atoms with van der Waals surface area (Å²) in [5.74, 6) is 1.16. The lowest BCUT2D eigenvalue weighted by molar-refractivity contribution is 0.0529. The van der Waals surface area contributed by atoms with Gasteiger partial charge < -0.3 is 9.64 Å². The highest BCUT2D eigenvalue weighted by atomic mass is 16.5. The molecule has 2 rings (SSSR count). The van der Waals surface area contributed by atoms with Crippen LogP contribution in [0.4, 0.5) is 0 Å². The van der Waals surface area contributed by atoms with Gasteiger partial charge in [0, 0.05) is 18.8 Å². The third-order valence-corrected chi connectivity index (χ3v) is 2.47. The Morgan fingerprint density at radius 1 is 1.38 bits per heavy atom. The van der Waals surface area contributed by atoms with Crippen molar-refractivity contribution in [1.29, 1.82) is 0 Å². The highest BCUT2D eigenvalue weighted by molar-refractivity contribution is 5.83. The fraction of sp³-hybridized carbons (Fsp3) is 0.700. The Morgan fingerprint density at radius 3 is 2.85 bits per heavy atom. The lowest BCUT2D eigenvalue weighted by Crippen LogP contribution is -2.35. The summed E-state index contributed by atoms with van der Waals surface area (Å²) in [5.41, 5.74) is 1.25. The van der Waals surface area contributed by atoms with Gasteiger partial charge in [0.1, 0.15) is 5.82 Å². The lowest BCUT2D eigenvalue weighted by Gasteiger charge is -2.30. The average molecular weight is 180 g/mol. The number of hydrogen-bond donors (Lipinski definition) is 0. The molecule has 0 aromatic heterocycles. The molecule has 0 bridgehead atoms. The minimum Gasteiger partial charge on any atom is -0.378 e. The lowest BCUT2D eigenvalue weighted by atomic mass is 10.2. The summed E-state index contributed by atoms with van der Waals surface area (Å²) in [4.78, 5) is 6.87. The zero-order valence-electron chi connectivity index (χ0n) is 8.12. The van der Waals surface area contributed by atoms with Crippen LogP contribution in [0.1, 0.15) is 19.8 Å². The van der Waals surface area contributed by atoms with E-state index in [1.165, 1.54) is 5.71 Å². The van der Waals surface area contributed by atoms with E-state index in [1.807, 2.05) is 0 Å². The van der Waals surface area contributed by atoms with Gasteiger partial charge in [0.25, 0.3) is 0 Å². The van der Waals surface area contributed by atoms with Crippen LogP contribution in [0.3, 0.4) is 0 Å². The Hall–Kier alpha value is -0.830. The van der Waals surface area contributed by atoms with Crippen LogP contribution in [0.15, 0.2) is 16.9 Å². The van der Waals surface area contributed by atoms with Gasteiger partial charge in [-0.1, -0.05) is 0 Å². The monoisotopic (exact) mass is 180 g/mol. The molecule has 1 fully saturated rings. The van der Waals surface area contributed by atoms with Crippen molar-refractivity contribution >= 4 is 5.71 Å². The van der Waals surface area contributed by atoms with Crippen molar-refractivity contribution in [2.45, 2.75) is 19.8 Å². The van der Waals surface area contributed by atoms with Crippen molar-refractivity contribution in [3.63, 3.8) is 0 Å². The summed E-state index contributed by atoms with van der Waals surface area (Å²) in [6, 6.07) is 0. The number of morpholine rings is 1. The van der Waals surface area contributed by atoms with E-state index in [4.69, 9.17) is 4.74 Å². The van der Waals surface area contributed by atoms with Crippen LogP contribution in [-0.2, 0) is 4.74 Å². The predicted molar refractivity (Wildman–Crippen MR) is 52.8 cm³/mol. The van der Waals surface area contributed by atoms with Gasteiger partial charge in [-0.05, 0) is 25.8 Å². The van der Waals surface area contributed by atoms with Crippen molar-refractivity contribution in [1.82, 2.24) is 4.90 Å².